The summed E-state index contributed by atoms with van der Waals surface area (Å²) in [7, 11) is 0. The fraction of sp³-hybridized carbons (Fsp3) is 0.273. The van der Waals surface area contributed by atoms with E-state index in [9.17, 15) is 8.78 Å². The van der Waals surface area contributed by atoms with Crippen LogP contribution in [-0.2, 0) is 18.4 Å². The molecule has 1 aliphatic carbocycles. The number of furan rings is 1. The highest BCUT2D eigenvalue weighted by atomic mass is 79.9. The first kappa shape index (κ1) is 18.4. The highest BCUT2D eigenvalue weighted by Gasteiger charge is 2.43. The van der Waals surface area contributed by atoms with Gasteiger partial charge in [-0.05, 0) is 47.4 Å². The number of hydrogen-bond donors (Lipinski definition) is 0. The van der Waals surface area contributed by atoms with Crippen LogP contribution in [0.4, 0.5) is 8.78 Å². The van der Waals surface area contributed by atoms with E-state index in [1.807, 2.05) is 12.1 Å². The average Bonchev–Trinajstić information content (AvgIpc) is 3.32. The summed E-state index contributed by atoms with van der Waals surface area (Å²) in [6, 6.07) is 16.9. The van der Waals surface area contributed by atoms with Gasteiger partial charge >= 0.3 is 0 Å². The van der Waals surface area contributed by atoms with Gasteiger partial charge in [-0.15, -0.1) is 0 Å². The molecule has 1 fully saturated rings. The van der Waals surface area contributed by atoms with Crippen LogP contribution in [0.3, 0.4) is 0 Å². The van der Waals surface area contributed by atoms with E-state index in [2.05, 4.69) is 45.1 Å². The van der Waals surface area contributed by atoms with Gasteiger partial charge < -0.3 is 4.42 Å². The lowest BCUT2D eigenvalue weighted by molar-refractivity contribution is 0.221. The molecule has 1 saturated carbocycles. The first-order valence-electron chi connectivity index (χ1n) is 8.99. The molecule has 0 spiro atoms. The van der Waals surface area contributed by atoms with E-state index in [4.69, 9.17) is 4.42 Å². The Hall–Kier alpha value is -1.98. The molecule has 1 aromatic heterocycles. The minimum atomic E-state index is -0.796. The van der Waals surface area contributed by atoms with Gasteiger partial charge in [0.25, 0.3) is 0 Å². The molecule has 2 atom stereocenters. The van der Waals surface area contributed by atoms with Gasteiger partial charge in [-0.1, -0.05) is 46.3 Å². The molecule has 4 rings (SSSR count). The number of hydrogen-bond acceptors (Lipinski definition) is 2. The van der Waals surface area contributed by atoms with Crippen LogP contribution < -0.4 is 0 Å². The van der Waals surface area contributed by atoms with Crippen molar-refractivity contribution in [2.45, 2.75) is 36.8 Å². The second-order valence-electron chi connectivity index (χ2n) is 7.02. The summed E-state index contributed by atoms with van der Waals surface area (Å²) in [5.74, 6) is -0.448. The van der Waals surface area contributed by atoms with Gasteiger partial charge in [0.15, 0.2) is 11.6 Å². The van der Waals surface area contributed by atoms with Crippen molar-refractivity contribution < 1.29 is 13.2 Å². The zero-order chi connectivity index (χ0) is 18.8. The number of alkyl halides is 1. The minimum Gasteiger partial charge on any atom is -0.468 e. The fourth-order valence-corrected chi connectivity index (χ4v) is 3.92. The third kappa shape index (κ3) is 4.30. The molecule has 1 aliphatic rings. The predicted molar refractivity (Wildman–Crippen MR) is 105 cm³/mol. The first-order valence-corrected chi connectivity index (χ1v) is 10.1. The Labute approximate surface area is 165 Å². The monoisotopic (exact) mass is 431 g/mol. The Morgan fingerprint density at radius 1 is 0.963 bits per heavy atom. The van der Waals surface area contributed by atoms with Crippen LogP contribution in [0.25, 0.3) is 0 Å². The van der Waals surface area contributed by atoms with Crippen LogP contribution in [0, 0.1) is 11.6 Å². The Morgan fingerprint density at radius 3 is 2.41 bits per heavy atom. The molecule has 140 valence electrons. The molecule has 0 saturated heterocycles. The highest BCUT2D eigenvalue weighted by Crippen LogP contribution is 2.46. The lowest BCUT2D eigenvalue weighted by Gasteiger charge is -2.22. The zero-order valence-electron chi connectivity index (χ0n) is 14.7. The molecular formula is C22H20BrF2NO. The number of rotatable bonds is 7. The maximum atomic E-state index is 13.6. The third-order valence-corrected chi connectivity index (χ3v) is 5.75. The lowest BCUT2D eigenvalue weighted by atomic mass is 10.1. The Morgan fingerprint density at radius 2 is 1.74 bits per heavy atom. The van der Waals surface area contributed by atoms with Gasteiger partial charge in [-0.25, -0.2) is 8.78 Å². The van der Waals surface area contributed by atoms with E-state index in [0.717, 1.165) is 29.6 Å². The second-order valence-corrected chi connectivity index (χ2v) is 7.58. The molecule has 0 bridgehead atoms. The summed E-state index contributed by atoms with van der Waals surface area (Å²) in [5, 5.41) is 0.838. The lowest BCUT2D eigenvalue weighted by Crippen LogP contribution is -2.26. The summed E-state index contributed by atoms with van der Waals surface area (Å²) in [4.78, 5) is 2.36. The fourth-order valence-electron chi connectivity index (χ4n) is 3.55. The molecule has 2 aromatic carbocycles. The van der Waals surface area contributed by atoms with E-state index in [1.54, 1.807) is 12.3 Å². The van der Waals surface area contributed by atoms with Gasteiger partial charge in [0.2, 0.25) is 0 Å². The minimum absolute atomic E-state index is 0.219. The quantitative estimate of drug-likeness (QED) is 0.425. The van der Waals surface area contributed by atoms with E-state index < -0.39 is 11.6 Å². The summed E-state index contributed by atoms with van der Waals surface area (Å²) >= 11 is 3.47. The van der Waals surface area contributed by atoms with Crippen molar-refractivity contribution in [3.8, 4) is 0 Å². The Bertz CT molecular complexity index is 895. The average molecular weight is 432 g/mol. The van der Waals surface area contributed by atoms with Gasteiger partial charge in [0.1, 0.15) is 5.76 Å². The van der Waals surface area contributed by atoms with Crippen molar-refractivity contribution in [1.29, 1.82) is 0 Å². The second kappa shape index (κ2) is 7.95. The van der Waals surface area contributed by atoms with E-state index in [0.29, 0.717) is 6.54 Å². The summed E-state index contributed by atoms with van der Waals surface area (Å²) in [6.45, 7) is 1.48. The molecule has 1 heterocycles. The van der Waals surface area contributed by atoms with Crippen molar-refractivity contribution in [1.82, 2.24) is 4.90 Å². The first-order chi connectivity index (χ1) is 13.1. The largest absolute Gasteiger partial charge is 0.468 e. The maximum absolute atomic E-state index is 13.6. The zero-order valence-corrected chi connectivity index (χ0v) is 16.3. The van der Waals surface area contributed by atoms with Crippen LogP contribution in [0.1, 0.15) is 34.8 Å². The van der Waals surface area contributed by atoms with Crippen LogP contribution in [0.15, 0.2) is 65.3 Å². The third-order valence-electron chi connectivity index (χ3n) is 5.10. The van der Waals surface area contributed by atoms with Gasteiger partial charge in [-0.2, -0.15) is 0 Å². The van der Waals surface area contributed by atoms with Gasteiger partial charge in [0.05, 0.1) is 12.8 Å². The van der Waals surface area contributed by atoms with Crippen molar-refractivity contribution in [3.63, 3.8) is 0 Å². The van der Waals surface area contributed by atoms with Gasteiger partial charge in [0, 0.05) is 23.8 Å². The SMILES string of the molecule is Fc1ccc(C2CC2N(Cc2ccc(CBr)cc2)Cc2ccco2)cc1F. The molecule has 0 N–H and O–H groups in total. The standard InChI is InChI=1S/C22H20BrF2NO/c23-12-15-3-5-16(6-4-15)13-26(14-18-2-1-9-27-18)22-11-19(22)17-7-8-20(24)21(25)10-17/h1-10,19,22H,11-14H2. The molecule has 27 heavy (non-hydrogen) atoms. The molecule has 0 radical (unpaired) electrons. The van der Waals surface area contributed by atoms with E-state index in [-0.39, 0.29) is 12.0 Å². The smallest absolute Gasteiger partial charge is 0.159 e. The molecule has 2 nitrogen and oxygen atoms in total. The topological polar surface area (TPSA) is 16.4 Å². The van der Waals surface area contributed by atoms with Crippen LogP contribution >= 0.6 is 15.9 Å². The molecular weight excluding hydrogens is 412 g/mol. The summed E-state index contributed by atoms with van der Waals surface area (Å²) in [6.07, 6.45) is 2.61. The van der Waals surface area contributed by atoms with E-state index in [1.165, 1.54) is 23.3 Å². The van der Waals surface area contributed by atoms with E-state index >= 15 is 0 Å². The summed E-state index contributed by atoms with van der Waals surface area (Å²) < 4.78 is 32.4. The molecule has 3 aromatic rings. The number of nitrogens with zero attached hydrogens (tertiary/aromatic N) is 1. The van der Waals surface area contributed by atoms with Crippen LogP contribution in [0.2, 0.25) is 0 Å². The molecule has 5 heteroatoms. The normalized spacial score (nSPS) is 18.8. The van der Waals surface area contributed by atoms with Crippen LogP contribution in [0.5, 0.6) is 0 Å². The van der Waals surface area contributed by atoms with Crippen molar-refractivity contribution in [2.75, 3.05) is 0 Å². The van der Waals surface area contributed by atoms with Gasteiger partial charge in [-0.3, -0.25) is 4.90 Å². The maximum Gasteiger partial charge on any atom is 0.159 e. The molecule has 0 aliphatic heterocycles. The highest BCUT2D eigenvalue weighted by molar-refractivity contribution is 9.08. The Kier molecular flexibility index (Phi) is 5.41. The summed E-state index contributed by atoms with van der Waals surface area (Å²) in [5.41, 5.74) is 3.32. The predicted octanol–water partition coefficient (Wildman–Crippen LogP) is 6.01. The van der Waals surface area contributed by atoms with Crippen molar-refractivity contribution in [3.05, 3.63) is 94.9 Å². The number of benzene rings is 2. The number of halogens is 3. The van der Waals surface area contributed by atoms with Crippen molar-refractivity contribution >= 4 is 15.9 Å². The van der Waals surface area contributed by atoms with Crippen LogP contribution in [-0.4, -0.2) is 10.9 Å². The Balaban J connectivity index is 1.52. The van der Waals surface area contributed by atoms with Crippen molar-refractivity contribution in [2.24, 2.45) is 0 Å². The molecule has 0 amide bonds. The molecule has 2 unspecified atom stereocenters.